The Kier molecular flexibility index (Phi) is 3.02. The van der Waals surface area contributed by atoms with Crippen LogP contribution in [-0.4, -0.2) is 16.1 Å². The minimum absolute atomic E-state index is 0.195. The number of hydrogen-bond acceptors (Lipinski definition) is 2. The zero-order chi connectivity index (χ0) is 13.3. The molecule has 0 aliphatic rings. The SMILES string of the molecule is Cc1[nH]c(C)c(-c2ccccc2)c(=O)c1C(=O)O. The standard InChI is InChI=1S/C14H13NO3/c1-8-11(10-6-4-3-5-7-10)13(16)12(14(17)18)9(2)15-8/h3-7H,1-2H3,(H,15,16)(H,17,18). The fraction of sp³-hybridized carbons (Fsp3) is 0.143. The molecule has 0 aliphatic carbocycles. The summed E-state index contributed by atoms with van der Waals surface area (Å²) in [6.07, 6.45) is 0. The van der Waals surface area contributed by atoms with Crippen LogP contribution in [0.25, 0.3) is 11.1 Å². The van der Waals surface area contributed by atoms with E-state index in [0.29, 0.717) is 17.0 Å². The lowest BCUT2D eigenvalue weighted by atomic mass is 10.0. The maximum atomic E-state index is 12.3. The first-order valence-electron chi connectivity index (χ1n) is 5.54. The van der Waals surface area contributed by atoms with E-state index in [4.69, 9.17) is 5.11 Å². The first kappa shape index (κ1) is 12.1. The summed E-state index contributed by atoms with van der Waals surface area (Å²) in [4.78, 5) is 26.3. The Bertz CT molecular complexity index is 657. The second-order valence-corrected chi connectivity index (χ2v) is 4.13. The van der Waals surface area contributed by atoms with E-state index in [1.54, 1.807) is 26.0 Å². The number of aromatic amines is 1. The van der Waals surface area contributed by atoms with Crippen LogP contribution < -0.4 is 5.43 Å². The van der Waals surface area contributed by atoms with E-state index >= 15 is 0 Å². The van der Waals surface area contributed by atoms with Crippen LogP contribution >= 0.6 is 0 Å². The average molecular weight is 243 g/mol. The number of carboxylic acids is 1. The third kappa shape index (κ3) is 1.93. The van der Waals surface area contributed by atoms with Crippen molar-refractivity contribution in [2.45, 2.75) is 13.8 Å². The molecule has 0 atom stereocenters. The molecule has 1 heterocycles. The predicted molar refractivity (Wildman–Crippen MR) is 68.9 cm³/mol. The summed E-state index contributed by atoms with van der Waals surface area (Å²) < 4.78 is 0. The van der Waals surface area contributed by atoms with Gasteiger partial charge in [0.2, 0.25) is 5.43 Å². The van der Waals surface area contributed by atoms with Crippen LogP contribution in [0.3, 0.4) is 0 Å². The molecular formula is C14H13NO3. The van der Waals surface area contributed by atoms with Gasteiger partial charge in [0.15, 0.2) is 0 Å². The van der Waals surface area contributed by atoms with Crippen LogP contribution in [0.5, 0.6) is 0 Å². The van der Waals surface area contributed by atoms with Gasteiger partial charge in [-0.2, -0.15) is 0 Å². The minimum atomic E-state index is -1.20. The van der Waals surface area contributed by atoms with Crippen LogP contribution in [0.15, 0.2) is 35.1 Å². The molecule has 0 aliphatic heterocycles. The molecule has 4 nitrogen and oxygen atoms in total. The smallest absolute Gasteiger partial charge is 0.341 e. The van der Waals surface area contributed by atoms with E-state index in [2.05, 4.69) is 4.98 Å². The van der Waals surface area contributed by atoms with Crippen molar-refractivity contribution < 1.29 is 9.90 Å². The van der Waals surface area contributed by atoms with Crippen LogP contribution in [-0.2, 0) is 0 Å². The number of aromatic carboxylic acids is 1. The highest BCUT2D eigenvalue weighted by atomic mass is 16.4. The number of nitrogens with one attached hydrogen (secondary N) is 1. The molecule has 4 heteroatoms. The van der Waals surface area contributed by atoms with Crippen molar-refractivity contribution in [3.63, 3.8) is 0 Å². The van der Waals surface area contributed by atoms with E-state index < -0.39 is 11.4 Å². The second kappa shape index (κ2) is 4.49. The Balaban J connectivity index is 2.81. The van der Waals surface area contributed by atoms with Crippen molar-refractivity contribution in [3.8, 4) is 11.1 Å². The summed E-state index contributed by atoms with van der Waals surface area (Å²) in [6.45, 7) is 3.36. The molecule has 0 bridgehead atoms. The highest BCUT2D eigenvalue weighted by Gasteiger charge is 2.18. The largest absolute Gasteiger partial charge is 0.477 e. The number of H-pyrrole nitrogens is 1. The van der Waals surface area contributed by atoms with Gasteiger partial charge in [-0.05, 0) is 19.4 Å². The van der Waals surface area contributed by atoms with Crippen LogP contribution in [0.2, 0.25) is 0 Å². The van der Waals surface area contributed by atoms with Gasteiger partial charge in [-0.3, -0.25) is 4.79 Å². The number of aromatic nitrogens is 1. The van der Waals surface area contributed by atoms with E-state index in [9.17, 15) is 9.59 Å². The third-order valence-electron chi connectivity index (χ3n) is 2.86. The number of carboxylic acid groups (broad SMARTS) is 1. The van der Waals surface area contributed by atoms with E-state index in [0.717, 1.165) is 5.56 Å². The quantitative estimate of drug-likeness (QED) is 0.850. The van der Waals surface area contributed by atoms with Gasteiger partial charge >= 0.3 is 5.97 Å². The Morgan fingerprint density at radius 2 is 1.72 bits per heavy atom. The fourth-order valence-corrected chi connectivity index (χ4v) is 2.08. The van der Waals surface area contributed by atoms with Gasteiger partial charge in [0.1, 0.15) is 5.56 Å². The lowest BCUT2D eigenvalue weighted by molar-refractivity contribution is 0.0694. The van der Waals surface area contributed by atoms with Gasteiger partial charge < -0.3 is 10.1 Å². The second-order valence-electron chi connectivity index (χ2n) is 4.13. The zero-order valence-electron chi connectivity index (χ0n) is 10.2. The highest BCUT2D eigenvalue weighted by molar-refractivity contribution is 5.90. The lowest BCUT2D eigenvalue weighted by Gasteiger charge is -2.09. The summed E-state index contributed by atoms with van der Waals surface area (Å²) in [5.74, 6) is -1.20. The Morgan fingerprint density at radius 3 is 2.28 bits per heavy atom. The van der Waals surface area contributed by atoms with Crippen molar-refractivity contribution >= 4 is 5.97 Å². The van der Waals surface area contributed by atoms with E-state index in [1.807, 2.05) is 18.2 Å². The van der Waals surface area contributed by atoms with Crippen molar-refractivity contribution in [2.75, 3.05) is 0 Å². The summed E-state index contributed by atoms with van der Waals surface area (Å²) in [5, 5.41) is 9.09. The van der Waals surface area contributed by atoms with Gasteiger partial charge in [-0.15, -0.1) is 0 Å². The monoisotopic (exact) mass is 243 g/mol. The fourth-order valence-electron chi connectivity index (χ4n) is 2.08. The molecule has 0 fully saturated rings. The number of hydrogen-bond donors (Lipinski definition) is 2. The molecule has 1 aromatic carbocycles. The van der Waals surface area contributed by atoms with Crippen molar-refractivity contribution in [2.24, 2.45) is 0 Å². The Morgan fingerprint density at radius 1 is 1.11 bits per heavy atom. The van der Waals surface area contributed by atoms with E-state index in [1.165, 1.54) is 0 Å². The minimum Gasteiger partial charge on any atom is -0.477 e. The molecule has 0 unspecified atom stereocenters. The van der Waals surface area contributed by atoms with Crippen molar-refractivity contribution in [1.29, 1.82) is 0 Å². The molecular weight excluding hydrogens is 230 g/mol. The first-order valence-corrected chi connectivity index (χ1v) is 5.54. The highest BCUT2D eigenvalue weighted by Crippen LogP contribution is 2.19. The summed E-state index contributed by atoms with van der Waals surface area (Å²) >= 11 is 0. The molecule has 0 saturated heterocycles. The first-order chi connectivity index (χ1) is 8.52. The van der Waals surface area contributed by atoms with Crippen LogP contribution in [0.1, 0.15) is 21.7 Å². The Hall–Kier alpha value is -2.36. The molecule has 92 valence electrons. The molecule has 0 spiro atoms. The summed E-state index contributed by atoms with van der Waals surface area (Å²) in [5.41, 5.74) is 1.55. The van der Waals surface area contributed by atoms with Crippen LogP contribution in [0, 0.1) is 13.8 Å². The number of carbonyl (C=O) groups is 1. The molecule has 2 rings (SSSR count). The van der Waals surface area contributed by atoms with Gasteiger partial charge in [-0.25, -0.2) is 4.79 Å². The number of rotatable bonds is 2. The molecule has 1 aromatic heterocycles. The lowest BCUT2D eigenvalue weighted by Crippen LogP contribution is -2.21. The van der Waals surface area contributed by atoms with Gasteiger partial charge in [-0.1, -0.05) is 30.3 Å². The summed E-state index contributed by atoms with van der Waals surface area (Å²) in [7, 11) is 0. The zero-order valence-corrected chi connectivity index (χ0v) is 10.2. The van der Waals surface area contributed by atoms with E-state index in [-0.39, 0.29) is 5.56 Å². The maximum absolute atomic E-state index is 12.3. The maximum Gasteiger partial charge on any atom is 0.341 e. The number of aryl methyl sites for hydroxylation is 2. The molecule has 0 saturated carbocycles. The van der Waals surface area contributed by atoms with Crippen molar-refractivity contribution in [1.82, 2.24) is 4.98 Å². The van der Waals surface area contributed by atoms with Gasteiger partial charge in [0.25, 0.3) is 0 Å². The Labute approximate surface area is 104 Å². The normalized spacial score (nSPS) is 10.3. The topological polar surface area (TPSA) is 70.2 Å². The molecule has 18 heavy (non-hydrogen) atoms. The van der Waals surface area contributed by atoms with Gasteiger partial charge in [0, 0.05) is 17.0 Å². The molecule has 2 N–H and O–H groups in total. The predicted octanol–water partition coefficient (Wildman–Crippen LogP) is 2.36. The third-order valence-corrected chi connectivity index (χ3v) is 2.86. The summed E-state index contributed by atoms with van der Waals surface area (Å²) in [6, 6.07) is 9.05. The van der Waals surface area contributed by atoms with Crippen LogP contribution in [0.4, 0.5) is 0 Å². The van der Waals surface area contributed by atoms with Crippen molar-refractivity contribution in [3.05, 3.63) is 57.5 Å². The molecule has 0 amide bonds. The molecule has 0 radical (unpaired) electrons. The average Bonchev–Trinajstić information content (AvgIpc) is 2.28. The molecule has 2 aromatic rings. The number of benzene rings is 1. The number of pyridine rings is 1. The van der Waals surface area contributed by atoms with Gasteiger partial charge in [0.05, 0.1) is 0 Å².